The molecular weight excluding hydrogens is 600 g/mol. The van der Waals surface area contributed by atoms with Gasteiger partial charge in [0.15, 0.2) is 7.14 Å². The van der Waals surface area contributed by atoms with Gasteiger partial charge in [0.2, 0.25) is 0 Å². The highest BCUT2D eigenvalue weighted by Gasteiger charge is 2.30. The average molecular weight is 627 g/mol. The molecule has 2 heterocycles. The van der Waals surface area contributed by atoms with Crippen LogP contribution in [0.25, 0.3) is 64.4 Å². The lowest BCUT2D eigenvalue weighted by molar-refractivity contribution is 0.592. The molecule has 4 heteroatoms. The monoisotopic (exact) mass is 626 g/mol. The summed E-state index contributed by atoms with van der Waals surface area (Å²) in [6.07, 6.45) is 0. The van der Waals surface area contributed by atoms with Crippen molar-refractivity contribution in [1.82, 2.24) is 0 Å². The molecule has 0 saturated carbocycles. The summed E-state index contributed by atoms with van der Waals surface area (Å²) in [5.41, 5.74) is 6.41. The van der Waals surface area contributed by atoms with Gasteiger partial charge in [-0.2, -0.15) is 0 Å². The fourth-order valence-electron chi connectivity index (χ4n) is 6.63. The van der Waals surface area contributed by atoms with Crippen molar-refractivity contribution < 1.29 is 8.98 Å². The highest BCUT2D eigenvalue weighted by Crippen LogP contribution is 2.45. The van der Waals surface area contributed by atoms with Crippen molar-refractivity contribution in [2.75, 3.05) is 0 Å². The number of thiophene rings is 1. The van der Waals surface area contributed by atoms with Crippen molar-refractivity contribution in [2.45, 2.75) is 0 Å². The Hall–Kier alpha value is -5.21. The summed E-state index contributed by atoms with van der Waals surface area (Å²) in [6.45, 7) is 0. The maximum atomic E-state index is 15.1. The second-order valence-electron chi connectivity index (χ2n) is 11.7. The first kappa shape index (κ1) is 27.1. The van der Waals surface area contributed by atoms with Gasteiger partial charge in [0, 0.05) is 46.9 Å². The Kier molecular flexibility index (Phi) is 6.31. The van der Waals surface area contributed by atoms with Crippen molar-refractivity contribution in [3.8, 4) is 22.3 Å². The first-order valence-electron chi connectivity index (χ1n) is 15.4. The van der Waals surface area contributed by atoms with Gasteiger partial charge in [-0.05, 0) is 76.9 Å². The van der Waals surface area contributed by atoms with Crippen LogP contribution in [-0.4, -0.2) is 0 Å². The largest absolute Gasteiger partial charge is 0.456 e. The summed E-state index contributed by atoms with van der Waals surface area (Å²) < 4.78 is 23.8. The number of hydrogen-bond donors (Lipinski definition) is 0. The van der Waals surface area contributed by atoms with E-state index in [2.05, 4.69) is 97.1 Å². The van der Waals surface area contributed by atoms with Crippen LogP contribution in [0.3, 0.4) is 0 Å². The van der Waals surface area contributed by atoms with Crippen LogP contribution in [0.4, 0.5) is 0 Å². The van der Waals surface area contributed by atoms with E-state index in [9.17, 15) is 0 Å². The highest BCUT2D eigenvalue weighted by molar-refractivity contribution is 7.85. The fraction of sp³-hybridized carbons (Fsp3) is 0. The Bertz CT molecular complexity index is 2560. The van der Waals surface area contributed by atoms with Crippen molar-refractivity contribution in [3.05, 3.63) is 164 Å². The second-order valence-corrected chi connectivity index (χ2v) is 15.5. The first-order valence-corrected chi connectivity index (χ1v) is 17.9. The molecule has 0 aliphatic heterocycles. The van der Waals surface area contributed by atoms with Crippen molar-refractivity contribution >= 4 is 76.5 Å². The second kappa shape index (κ2) is 10.7. The molecule has 0 fully saturated rings. The molecule has 218 valence electrons. The molecule has 0 unspecified atom stereocenters. The molecule has 0 atom stereocenters. The Morgan fingerprint density at radius 2 is 0.848 bits per heavy atom. The van der Waals surface area contributed by atoms with Gasteiger partial charge in [-0.25, -0.2) is 0 Å². The maximum Gasteiger partial charge on any atom is 0.171 e. The minimum atomic E-state index is -3.08. The number of hydrogen-bond acceptors (Lipinski definition) is 3. The quantitative estimate of drug-likeness (QED) is 0.178. The Labute approximate surface area is 270 Å². The van der Waals surface area contributed by atoms with Gasteiger partial charge in [-0.1, -0.05) is 109 Å². The van der Waals surface area contributed by atoms with Gasteiger partial charge < -0.3 is 8.98 Å². The van der Waals surface area contributed by atoms with Crippen LogP contribution in [0, 0.1) is 0 Å². The summed E-state index contributed by atoms with van der Waals surface area (Å²) in [6, 6.07) is 56.2. The summed E-state index contributed by atoms with van der Waals surface area (Å²) in [4.78, 5) is 0. The van der Waals surface area contributed by atoms with E-state index >= 15 is 4.57 Å². The van der Waals surface area contributed by atoms with Gasteiger partial charge in [0.05, 0.1) is 0 Å². The maximum absolute atomic E-state index is 15.1. The zero-order valence-corrected chi connectivity index (χ0v) is 26.5. The third-order valence-electron chi connectivity index (χ3n) is 8.97. The van der Waals surface area contributed by atoms with Gasteiger partial charge in [0.1, 0.15) is 11.2 Å². The lowest BCUT2D eigenvalue weighted by atomic mass is 9.99. The van der Waals surface area contributed by atoms with E-state index in [4.69, 9.17) is 4.42 Å². The van der Waals surface area contributed by atoms with Crippen LogP contribution >= 0.6 is 18.5 Å². The Morgan fingerprint density at radius 3 is 1.43 bits per heavy atom. The number of fused-ring (bicyclic) bond motifs is 6. The predicted octanol–water partition coefficient (Wildman–Crippen LogP) is 10.9. The molecular formula is C42H27O2PS. The van der Waals surface area contributed by atoms with Crippen LogP contribution in [0.15, 0.2) is 168 Å². The van der Waals surface area contributed by atoms with Crippen LogP contribution < -0.4 is 15.9 Å². The molecule has 2 nitrogen and oxygen atoms in total. The van der Waals surface area contributed by atoms with Crippen LogP contribution in [0.1, 0.15) is 0 Å². The zero-order chi connectivity index (χ0) is 30.7. The minimum Gasteiger partial charge on any atom is -0.456 e. The van der Waals surface area contributed by atoms with Crippen LogP contribution in [-0.2, 0) is 4.57 Å². The summed E-state index contributed by atoms with van der Waals surface area (Å²) in [5, 5.41) is 7.07. The van der Waals surface area contributed by atoms with Gasteiger partial charge in [0.25, 0.3) is 0 Å². The van der Waals surface area contributed by atoms with E-state index in [0.29, 0.717) is 0 Å². The van der Waals surface area contributed by atoms with E-state index in [1.807, 2.05) is 66.7 Å². The van der Waals surface area contributed by atoms with Crippen molar-refractivity contribution in [2.24, 2.45) is 0 Å². The average Bonchev–Trinajstić information content (AvgIpc) is 3.69. The van der Waals surface area contributed by atoms with Gasteiger partial charge >= 0.3 is 0 Å². The number of rotatable bonds is 5. The van der Waals surface area contributed by atoms with E-state index in [1.165, 1.54) is 25.9 Å². The van der Waals surface area contributed by atoms with E-state index in [-0.39, 0.29) is 0 Å². The SMILES string of the molecule is O=P(c1ccccc1)(c1ccccc1)c1ccc2sc3ccc(-c4ccc5oc6ccc(-c7ccccc7)cc6c5c4)cc3c2c1. The molecule has 0 amide bonds. The molecule has 2 aromatic heterocycles. The molecule has 7 aromatic carbocycles. The van der Waals surface area contributed by atoms with Crippen molar-refractivity contribution in [3.63, 3.8) is 0 Å². The highest BCUT2D eigenvalue weighted by atomic mass is 32.1. The topological polar surface area (TPSA) is 30.2 Å². The molecule has 0 aliphatic carbocycles. The van der Waals surface area contributed by atoms with Crippen LogP contribution in [0.2, 0.25) is 0 Å². The molecule has 9 rings (SSSR count). The Balaban J connectivity index is 1.19. The Morgan fingerprint density at radius 1 is 0.391 bits per heavy atom. The molecule has 0 aliphatic rings. The van der Waals surface area contributed by atoms with Gasteiger partial charge in [-0.15, -0.1) is 11.3 Å². The molecule has 0 radical (unpaired) electrons. The zero-order valence-electron chi connectivity index (χ0n) is 24.8. The van der Waals surface area contributed by atoms with Crippen LogP contribution in [0.5, 0.6) is 0 Å². The predicted molar refractivity (Wildman–Crippen MR) is 197 cm³/mol. The molecule has 46 heavy (non-hydrogen) atoms. The lowest BCUT2D eigenvalue weighted by Crippen LogP contribution is -2.24. The molecule has 0 bridgehead atoms. The molecule has 9 aromatic rings. The minimum absolute atomic E-state index is 0.844. The summed E-state index contributed by atoms with van der Waals surface area (Å²) in [5.74, 6) is 0. The smallest absolute Gasteiger partial charge is 0.171 e. The van der Waals surface area contributed by atoms with Gasteiger partial charge in [-0.3, -0.25) is 0 Å². The standard InChI is InChI=1S/C42H27O2PS/c43-45(32-12-6-2-7-13-32,33-14-8-3-9-15-33)34-19-23-42-38(27-34)37-26-31(18-22-41(37)46-42)30-17-21-40-36(25-30)35-24-29(16-20-39(35)44-40)28-10-4-1-5-11-28/h1-27H. The van der Waals surface area contributed by atoms with E-state index < -0.39 is 7.14 Å². The summed E-state index contributed by atoms with van der Waals surface area (Å²) in [7, 11) is -3.08. The normalized spacial score (nSPS) is 12.0. The molecule has 0 N–H and O–H groups in total. The lowest BCUT2D eigenvalue weighted by Gasteiger charge is -2.20. The third kappa shape index (κ3) is 4.35. The van der Waals surface area contributed by atoms with E-state index in [0.717, 1.165) is 54.4 Å². The van der Waals surface area contributed by atoms with Crippen molar-refractivity contribution in [1.29, 1.82) is 0 Å². The third-order valence-corrected chi connectivity index (χ3v) is 13.2. The number of furan rings is 1. The fourth-order valence-corrected chi connectivity index (χ4v) is 10.4. The summed E-state index contributed by atoms with van der Waals surface area (Å²) >= 11 is 1.78. The molecule has 0 spiro atoms. The van der Waals surface area contributed by atoms with E-state index in [1.54, 1.807) is 11.3 Å². The molecule has 0 saturated heterocycles. The first-order chi connectivity index (χ1) is 22.6. The number of benzene rings is 7.